The zero-order chi connectivity index (χ0) is 16.2. The highest BCUT2D eigenvalue weighted by Crippen LogP contribution is 2.25. The van der Waals surface area contributed by atoms with Crippen molar-refractivity contribution in [3.63, 3.8) is 0 Å². The molecule has 1 aromatic carbocycles. The summed E-state index contributed by atoms with van der Waals surface area (Å²) >= 11 is 0. The molecule has 2 aromatic rings. The smallest absolute Gasteiger partial charge is 0.260 e. The summed E-state index contributed by atoms with van der Waals surface area (Å²) < 4.78 is 18.3. The van der Waals surface area contributed by atoms with E-state index in [1.165, 1.54) is 24.3 Å². The topological polar surface area (TPSA) is 58.2 Å². The van der Waals surface area contributed by atoms with E-state index in [4.69, 9.17) is 4.74 Å². The Kier molecular flexibility index (Phi) is 4.60. The SMILES string of the molecule is Cc1cnc(C2CCCN(C(=O)COc3ccc(F)cc3)C2)[nH]1. The van der Waals surface area contributed by atoms with Crippen LogP contribution in [-0.4, -0.2) is 40.5 Å². The molecule has 1 amide bonds. The Labute approximate surface area is 134 Å². The van der Waals surface area contributed by atoms with E-state index in [2.05, 4.69) is 9.97 Å². The first-order valence-electron chi connectivity index (χ1n) is 7.79. The summed E-state index contributed by atoms with van der Waals surface area (Å²) in [5, 5.41) is 0. The molecule has 122 valence electrons. The zero-order valence-corrected chi connectivity index (χ0v) is 13.1. The van der Waals surface area contributed by atoms with E-state index < -0.39 is 0 Å². The minimum absolute atomic E-state index is 0.0322. The first kappa shape index (κ1) is 15.5. The minimum Gasteiger partial charge on any atom is -0.484 e. The predicted octanol–water partition coefficient (Wildman–Crippen LogP) is 2.64. The van der Waals surface area contributed by atoms with Crippen molar-refractivity contribution < 1.29 is 13.9 Å². The van der Waals surface area contributed by atoms with Crippen LogP contribution in [0.25, 0.3) is 0 Å². The Balaban J connectivity index is 1.55. The van der Waals surface area contributed by atoms with Gasteiger partial charge in [0.2, 0.25) is 0 Å². The summed E-state index contributed by atoms with van der Waals surface area (Å²) in [6.07, 6.45) is 3.79. The van der Waals surface area contributed by atoms with E-state index >= 15 is 0 Å². The molecular formula is C17H20FN3O2. The molecule has 0 bridgehead atoms. The fraction of sp³-hybridized carbons (Fsp3) is 0.412. The van der Waals surface area contributed by atoms with E-state index in [0.29, 0.717) is 12.3 Å². The molecule has 1 atom stereocenters. The quantitative estimate of drug-likeness (QED) is 0.943. The average Bonchev–Trinajstić information content (AvgIpc) is 3.01. The maximum Gasteiger partial charge on any atom is 0.260 e. The fourth-order valence-electron chi connectivity index (χ4n) is 2.83. The molecule has 1 aliphatic rings. The standard InChI is InChI=1S/C17H20FN3O2/c1-12-9-19-17(20-12)13-3-2-8-21(10-13)16(22)11-23-15-6-4-14(18)5-7-15/h4-7,9,13H,2-3,8,10-11H2,1H3,(H,19,20). The van der Waals surface area contributed by atoms with Crippen molar-refractivity contribution >= 4 is 5.91 Å². The number of nitrogens with zero attached hydrogens (tertiary/aromatic N) is 2. The number of hydrogen-bond donors (Lipinski definition) is 1. The lowest BCUT2D eigenvalue weighted by Gasteiger charge is -2.31. The van der Waals surface area contributed by atoms with Gasteiger partial charge in [0.05, 0.1) is 0 Å². The number of hydrogen-bond acceptors (Lipinski definition) is 3. The van der Waals surface area contributed by atoms with E-state index in [1.54, 1.807) is 0 Å². The second-order valence-corrected chi connectivity index (χ2v) is 5.87. The van der Waals surface area contributed by atoms with Crippen LogP contribution in [0.5, 0.6) is 5.75 Å². The third-order valence-electron chi connectivity index (χ3n) is 4.06. The summed E-state index contributed by atoms with van der Waals surface area (Å²) in [6, 6.07) is 5.67. The largest absolute Gasteiger partial charge is 0.484 e. The number of halogens is 1. The molecule has 0 spiro atoms. The third kappa shape index (κ3) is 3.88. The van der Waals surface area contributed by atoms with Crippen molar-refractivity contribution in [3.05, 3.63) is 47.8 Å². The first-order chi connectivity index (χ1) is 11.1. The number of imidazole rings is 1. The number of benzene rings is 1. The average molecular weight is 317 g/mol. The Morgan fingerprint density at radius 2 is 2.22 bits per heavy atom. The molecule has 1 unspecified atom stereocenters. The lowest BCUT2D eigenvalue weighted by atomic mass is 9.97. The van der Waals surface area contributed by atoms with E-state index in [-0.39, 0.29) is 24.2 Å². The highest BCUT2D eigenvalue weighted by Gasteiger charge is 2.26. The molecule has 2 heterocycles. The van der Waals surface area contributed by atoms with Crippen molar-refractivity contribution in [3.8, 4) is 5.75 Å². The molecule has 1 fully saturated rings. The van der Waals surface area contributed by atoms with Gasteiger partial charge in [-0.25, -0.2) is 9.37 Å². The van der Waals surface area contributed by atoms with Crippen molar-refractivity contribution in [2.75, 3.05) is 19.7 Å². The third-order valence-corrected chi connectivity index (χ3v) is 4.06. The minimum atomic E-state index is -0.323. The number of piperidine rings is 1. The van der Waals surface area contributed by atoms with Gasteiger partial charge in [0.1, 0.15) is 17.4 Å². The van der Waals surface area contributed by atoms with E-state index in [9.17, 15) is 9.18 Å². The number of amides is 1. The van der Waals surface area contributed by atoms with Gasteiger partial charge in [0, 0.05) is 30.9 Å². The fourth-order valence-corrected chi connectivity index (χ4v) is 2.83. The van der Waals surface area contributed by atoms with Crippen LogP contribution in [-0.2, 0) is 4.79 Å². The summed E-state index contributed by atoms with van der Waals surface area (Å²) in [5.74, 6) is 1.31. The highest BCUT2D eigenvalue weighted by atomic mass is 19.1. The number of H-pyrrole nitrogens is 1. The Morgan fingerprint density at radius 1 is 1.43 bits per heavy atom. The summed E-state index contributed by atoms with van der Waals surface area (Å²) in [5.41, 5.74) is 1.03. The number of carbonyl (C=O) groups is 1. The molecule has 0 radical (unpaired) electrons. The van der Waals surface area contributed by atoms with Gasteiger partial charge >= 0.3 is 0 Å². The monoisotopic (exact) mass is 317 g/mol. The maximum atomic E-state index is 12.8. The summed E-state index contributed by atoms with van der Waals surface area (Å²) in [7, 11) is 0. The van der Waals surface area contributed by atoms with Crippen LogP contribution < -0.4 is 4.74 Å². The number of aromatic nitrogens is 2. The van der Waals surface area contributed by atoms with Gasteiger partial charge in [0.25, 0.3) is 5.91 Å². The van der Waals surface area contributed by atoms with Crippen LogP contribution in [0, 0.1) is 12.7 Å². The molecule has 1 aromatic heterocycles. The van der Waals surface area contributed by atoms with E-state index in [0.717, 1.165) is 30.9 Å². The van der Waals surface area contributed by atoms with Gasteiger partial charge in [-0.1, -0.05) is 0 Å². The van der Waals surface area contributed by atoms with Gasteiger partial charge in [-0.05, 0) is 44.0 Å². The van der Waals surface area contributed by atoms with Crippen molar-refractivity contribution in [2.24, 2.45) is 0 Å². The summed E-state index contributed by atoms with van der Waals surface area (Å²) in [4.78, 5) is 21.8. The van der Waals surface area contributed by atoms with Crippen LogP contribution in [0.1, 0.15) is 30.3 Å². The van der Waals surface area contributed by atoms with Gasteiger partial charge in [-0.3, -0.25) is 4.79 Å². The van der Waals surface area contributed by atoms with Crippen LogP contribution in [0.15, 0.2) is 30.5 Å². The second-order valence-electron chi connectivity index (χ2n) is 5.87. The number of carbonyl (C=O) groups excluding carboxylic acids is 1. The van der Waals surface area contributed by atoms with Gasteiger partial charge in [0.15, 0.2) is 6.61 Å². The molecule has 23 heavy (non-hydrogen) atoms. The van der Waals surface area contributed by atoms with Gasteiger partial charge in [-0.2, -0.15) is 0 Å². The Hall–Kier alpha value is -2.37. The van der Waals surface area contributed by atoms with E-state index in [1.807, 2.05) is 18.0 Å². The normalized spacial score (nSPS) is 18.0. The molecular weight excluding hydrogens is 297 g/mol. The lowest BCUT2D eigenvalue weighted by molar-refractivity contribution is -0.134. The molecule has 1 saturated heterocycles. The first-order valence-corrected chi connectivity index (χ1v) is 7.79. The van der Waals surface area contributed by atoms with Crippen LogP contribution in [0.4, 0.5) is 4.39 Å². The lowest BCUT2D eigenvalue weighted by Crippen LogP contribution is -2.41. The van der Waals surface area contributed by atoms with Gasteiger partial charge < -0.3 is 14.6 Å². The number of nitrogens with one attached hydrogen (secondary N) is 1. The number of aryl methyl sites for hydroxylation is 1. The Bertz CT molecular complexity index is 669. The molecule has 0 saturated carbocycles. The van der Waals surface area contributed by atoms with Gasteiger partial charge in [-0.15, -0.1) is 0 Å². The number of likely N-dealkylation sites (tertiary alicyclic amines) is 1. The molecule has 0 aliphatic carbocycles. The Morgan fingerprint density at radius 3 is 2.91 bits per heavy atom. The number of aromatic amines is 1. The van der Waals surface area contributed by atoms with Crippen LogP contribution >= 0.6 is 0 Å². The van der Waals surface area contributed by atoms with Crippen molar-refractivity contribution in [2.45, 2.75) is 25.7 Å². The zero-order valence-electron chi connectivity index (χ0n) is 13.1. The molecule has 5 nitrogen and oxygen atoms in total. The molecule has 6 heteroatoms. The summed E-state index contributed by atoms with van der Waals surface area (Å²) in [6.45, 7) is 3.33. The highest BCUT2D eigenvalue weighted by molar-refractivity contribution is 5.78. The second kappa shape index (κ2) is 6.81. The van der Waals surface area contributed by atoms with Crippen LogP contribution in [0.3, 0.4) is 0 Å². The molecule has 3 rings (SSSR count). The molecule has 1 aliphatic heterocycles. The predicted molar refractivity (Wildman–Crippen MR) is 83.8 cm³/mol. The van der Waals surface area contributed by atoms with Crippen molar-refractivity contribution in [1.29, 1.82) is 0 Å². The molecule has 1 N–H and O–H groups in total. The number of ether oxygens (including phenoxy) is 1. The maximum absolute atomic E-state index is 12.8. The van der Waals surface area contributed by atoms with Crippen molar-refractivity contribution in [1.82, 2.24) is 14.9 Å². The number of rotatable bonds is 4. The van der Waals surface area contributed by atoms with Crippen LogP contribution in [0.2, 0.25) is 0 Å².